The van der Waals surface area contributed by atoms with Crippen molar-refractivity contribution < 1.29 is 4.79 Å². The molecule has 1 aromatic rings. The number of hydrogen-bond donors (Lipinski definition) is 2. The van der Waals surface area contributed by atoms with Gasteiger partial charge in [0.25, 0.3) is 0 Å². The summed E-state index contributed by atoms with van der Waals surface area (Å²) in [4.78, 5) is 14.3. The quantitative estimate of drug-likeness (QED) is 0.827. The van der Waals surface area contributed by atoms with Crippen molar-refractivity contribution >= 4 is 5.91 Å². The Morgan fingerprint density at radius 3 is 2.50 bits per heavy atom. The van der Waals surface area contributed by atoms with Gasteiger partial charge in [-0.15, -0.1) is 0 Å². The van der Waals surface area contributed by atoms with E-state index in [1.807, 2.05) is 18.2 Å². The number of rotatable bonds is 6. The Morgan fingerprint density at radius 2 is 1.95 bits per heavy atom. The van der Waals surface area contributed by atoms with Gasteiger partial charge in [-0.05, 0) is 31.4 Å². The summed E-state index contributed by atoms with van der Waals surface area (Å²) in [6.07, 6.45) is 2.76. The molecule has 1 aliphatic rings. The molecule has 0 bridgehead atoms. The lowest BCUT2D eigenvalue weighted by molar-refractivity contribution is -0.126. The predicted molar refractivity (Wildman–Crippen MR) is 81.2 cm³/mol. The van der Waals surface area contributed by atoms with E-state index in [4.69, 9.17) is 5.73 Å². The van der Waals surface area contributed by atoms with E-state index in [0.29, 0.717) is 6.54 Å². The number of hydrogen-bond acceptors (Lipinski definition) is 3. The van der Waals surface area contributed by atoms with Gasteiger partial charge in [0.2, 0.25) is 5.91 Å². The Morgan fingerprint density at radius 1 is 1.30 bits per heavy atom. The minimum atomic E-state index is -0.542. The summed E-state index contributed by atoms with van der Waals surface area (Å²) in [5, 5.41) is 3.41. The second kappa shape index (κ2) is 6.86. The maximum absolute atomic E-state index is 11.9. The van der Waals surface area contributed by atoms with Crippen molar-refractivity contribution in [1.82, 2.24) is 10.2 Å². The van der Waals surface area contributed by atoms with Gasteiger partial charge in [0.1, 0.15) is 5.54 Å². The summed E-state index contributed by atoms with van der Waals surface area (Å²) in [5.74, 6) is -0.218. The summed E-state index contributed by atoms with van der Waals surface area (Å²) in [6.45, 7) is 5.87. The van der Waals surface area contributed by atoms with E-state index < -0.39 is 5.54 Å². The molecule has 3 N–H and O–H groups in total. The molecule has 4 heteroatoms. The Labute approximate surface area is 121 Å². The summed E-state index contributed by atoms with van der Waals surface area (Å²) in [5.41, 5.74) is 6.31. The van der Waals surface area contributed by atoms with Gasteiger partial charge in [-0.25, -0.2) is 0 Å². The van der Waals surface area contributed by atoms with Crippen molar-refractivity contribution in [2.24, 2.45) is 5.73 Å². The summed E-state index contributed by atoms with van der Waals surface area (Å²) in [6, 6.07) is 10.1. The number of nitrogens with one attached hydrogen (secondary N) is 1. The third-order valence-electron chi connectivity index (χ3n) is 4.19. The van der Waals surface area contributed by atoms with Crippen LogP contribution >= 0.6 is 0 Å². The van der Waals surface area contributed by atoms with Crippen LogP contribution in [-0.2, 0) is 11.3 Å². The van der Waals surface area contributed by atoms with E-state index in [1.54, 1.807) is 0 Å². The van der Waals surface area contributed by atoms with Crippen molar-refractivity contribution in [2.45, 2.75) is 38.3 Å². The fourth-order valence-corrected chi connectivity index (χ4v) is 2.85. The highest BCUT2D eigenvalue weighted by atomic mass is 16.1. The smallest absolute Gasteiger partial charge is 0.237 e. The molecule has 0 aromatic heterocycles. The third-order valence-corrected chi connectivity index (χ3v) is 4.19. The molecule has 1 heterocycles. The highest BCUT2D eigenvalue weighted by Crippen LogP contribution is 2.23. The second-order valence-electron chi connectivity index (χ2n) is 5.63. The van der Waals surface area contributed by atoms with Gasteiger partial charge in [-0.3, -0.25) is 10.1 Å². The molecule has 1 fully saturated rings. The van der Waals surface area contributed by atoms with Crippen molar-refractivity contribution in [3.63, 3.8) is 0 Å². The first-order valence-electron chi connectivity index (χ1n) is 7.47. The van der Waals surface area contributed by atoms with Crippen LogP contribution in [0.3, 0.4) is 0 Å². The lowest BCUT2D eigenvalue weighted by atomic mass is 9.86. The second-order valence-corrected chi connectivity index (χ2v) is 5.63. The summed E-state index contributed by atoms with van der Waals surface area (Å²) >= 11 is 0. The van der Waals surface area contributed by atoms with Crippen LogP contribution in [0.2, 0.25) is 0 Å². The van der Waals surface area contributed by atoms with Crippen molar-refractivity contribution in [3.05, 3.63) is 35.9 Å². The van der Waals surface area contributed by atoms with Crippen LogP contribution in [0, 0.1) is 0 Å². The third kappa shape index (κ3) is 3.58. The minimum Gasteiger partial charge on any atom is -0.368 e. The fraction of sp³-hybridized carbons (Fsp3) is 0.562. The Balaban J connectivity index is 1.96. The molecule has 110 valence electrons. The van der Waals surface area contributed by atoms with E-state index in [-0.39, 0.29) is 5.91 Å². The molecule has 0 radical (unpaired) electrons. The molecule has 1 aromatic carbocycles. The molecule has 0 aliphatic carbocycles. The van der Waals surface area contributed by atoms with E-state index >= 15 is 0 Å². The molecular formula is C16H25N3O. The first-order valence-corrected chi connectivity index (χ1v) is 7.47. The molecule has 20 heavy (non-hydrogen) atoms. The number of nitrogens with zero attached hydrogens (tertiary/aromatic N) is 1. The first kappa shape index (κ1) is 15.0. The zero-order valence-electron chi connectivity index (χ0n) is 12.3. The molecule has 0 atom stereocenters. The van der Waals surface area contributed by atoms with Crippen LogP contribution in [-0.4, -0.2) is 36.0 Å². The van der Waals surface area contributed by atoms with Crippen LogP contribution in [0.1, 0.15) is 31.7 Å². The number of carbonyl (C=O) groups is 1. The number of benzene rings is 1. The molecule has 4 nitrogen and oxygen atoms in total. The Bertz CT molecular complexity index is 425. The number of likely N-dealkylation sites (tertiary alicyclic amines) is 1. The van der Waals surface area contributed by atoms with E-state index in [1.165, 1.54) is 5.56 Å². The number of piperidine rings is 1. The molecule has 1 amide bonds. The van der Waals surface area contributed by atoms with Gasteiger partial charge in [-0.1, -0.05) is 37.3 Å². The first-order chi connectivity index (χ1) is 9.66. The highest BCUT2D eigenvalue weighted by molar-refractivity contribution is 5.84. The average Bonchev–Trinajstić information content (AvgIpc) is 2.48. The van der Waals surface area contributed by atoms with Crippen molar-refractivity contribution in [1.29, 1.82) is 0 Å². The Hall–Kier alpha value is -1.39. The zero-order valence-corrected chi connectivity index (χ0v) is 12.3. The Kier molecular flexibility index (Phi) is 5.15. The SMILES string of the molecule is CCCN1CCC(NCc2ccccc2)(C(N)=O)CC1. The molecule has 0 spiro atoms. The number of amides is 1. The summed E-state index contributed by atoms with van der Waals surface area (Å²) in [7, 11) is 0. The van der Waals surface area contributed by atoms with E-state index in [2.05, 4.69) is 29.3 Å². The number of carbonyl (C=O) groups excluding carboxylic acids is 1. The monoisotopic (exact) mass is 275 g/mol. The standard InChI is InChI=1S/C16H25N3O/c1-2-10-19-11-8-16(9-12-19,15(17)20)18-13-14-6-4-3-5-7-14/h3-7,18H,2,8-13H2,1H3,(H2,17,20). The van der Waals surface area contributed by atoms with Gasteiger partial charge in [-0.2, -0.15) is 0 Å². The summed E-state index contributed by atoms with van der Waals surface area (Å²) < 4.78 is 0. The largest absolute Gasteiger partial charge is 0.368 e. The fourth-order valence-electron chi connectivity index (χ4n) is 2.85. The van der Waals surface area contributed by atoms with Crippen LogP contribution in [0.15, 0.2) is 30.3 Å². The normalized spacial score (nSPS) is 18.9. The molecule has 1 saturated heterocycles. The van der Waals surface area contributed by atoms with Gasteiger partial charge in [0.05, 0.1) is 0 Å². The van der Waals surface area contributed by atoms with Gasteiger partial charge < -0.3 is 10.6 Å². The van der Waals surface area contributed by atoms with Gasteiger partial charge in [0.15, 0.2) is 0 Å². The van der Waals surface area contributed by atoms with Gasteiger partial charge in [0, 0.05) is 19.6 Å². The van der Waals surface area contributed by atoms with Crippen LogP contribution < -0.4 is 11.1 Å². The molecular weight excluding hydrogens is 250 g/mol. The van der Waals surface area contributed by atoms with Crippen LogP contribution in [0.4, 0.5) is 0 Å². The maximum atomic E-state index is 11.9. The van der Waals surface area contributed by atoms with E-state index in [9.17, 15) is 4.79 Å². The lowest BCUT2D eigenvalue weighted by Crippen LogP contribution is -2.60. The minimum absolute atomic E-state index is 0.218. The molecule has 0 saturated carbocycles. The highest BCUT2D eigenvalue weighted by Gasteiger charge is 2.39. The predicted octanol–water partition coefficient (Wildman–Crippen LogP) is 1.51. The molecule has 0 unspecified atom stereocenters. The molecule has 1 aliphatic heterocycles. The molecule has 2 rings (SSSR count). The maximum Gasteiger partial charge on any atom is 0.237 e. The van der Waals surface area contributed by atoms with Crippen LogP contribution in [0.25, 0.3) is 0 Å². The topological polar surface area (TPSA) is 58.4 Å². The van der Waals surface area contributed by atoms with Crippen molar-refractivity contribution in [2.75, 3.05) is 19.6 Å². The average molecular weight is 275 g/mol. The number of nitrogens with two attached hydrogens (primary N) is 1. The van der Waals surface area contributed by atoms with Crippen LogP contribution in [0.5, 0.6) is 0 Å². The van der Waals surface area contributed by atoms with Gasteiger partial charge >= 0.3 is 0 Å². The van der Waals surface area contributed by atoms with E-state index in [0.717, 1.165) is 38.9 Å². The lowest BCUT2D eigenvalue weighted by Gasteiger charge is -2.40. The number of primary amides is 1. The van der Waals surface area contributed by atoms with Crippen molar-refractivity contribution in [3.8, 4) is 0 Å². The zero-order chi connectivity index (χ0) is 14.4.